The van der Waals surface area contributed by atoms with Crippen LogP contribution >= 0.6 is 0 Å². The number of ether oxygens (including phenoxy) is 1. The molecule has 18 heavy (non-hydrogen) atoms. The molecule has 3 N–H and O–H groups in total. The first-order valence-corrected chi connectivity index (χ1v) is 8.38. The fraction of sp³-hybridized carbons (Fsp3) is 1.00. The Hall–Kier alpha value is -0.170. The zero-order chi connectivity index (χ0) is 13.5. The van der Waals surface area contributed by atoms with Gasteiger partial charge in [0.2, 0.25) is 10.0 Å². The van der Waals surface area contributed by atoms with Gasteiger partial charge in [-0.1, -0.05) is 25.7 Å². The average Bonchev–Trinajstić information content (AvgIpc) is 2.53. The second-order valence-electron chi connectivity index (χ2n) is 5.26. The maximum absolute atomic E-state index is 11.8. The van der Waals surface area contributed by atoms with E-state index in [1.807, 2.05) is 0 Å². The number of nitrogens with two attached hydrogens (primary N) is 1. The molecule has 0 bridgehead atoms. The van der Waals surface area contributed by atoms with E-state index in [1.54, 1.807) is 7.11 Å². The van der Waals surface area contributed by atoms with Crippen LogP contribution in [-0.4, -0.2) is 40.0 Å². The molecule has 1 rings (SSSR count). The zero-order valence-corrected chi connectivity index (χ0v) is 12.1. The van der Waals surface area contributed by atoms with Gasteiger partial charge in [0.15, 0.2) is 0 Å². The van der Waals surface area contributed by atoms with Crippen molar-refractivity contribution in [3.05, 3.63) is 0 Å². The number of hydrogen-bond acceptors (Lipinski definition) is 4. The van der Waals surface area contributed by atoms with Crippen molar-refractivity contribution in [2.24, 2.45) is 5.73 Å². The molecule has 1 saturated carbocycles. The minimum atomic E-state index is -3.21. The van der Waals surface area contributed by atoms with Gasteiger partial charge in [-0.3, -0.25) is 0 Å². The molecule has 6 heteroatoms. The van der Waals surface area contributed by atoms with E-state index in [4.69, 9.17) is 10.5 Å². The second kappa shape index (κ2) is 7.43. The van der Waals surface area contributed by atoms with Gasteiger partial charge in [-0.15, -0.1) is 0 Å². The third kappa shape index (κ3) is 6.13. The minimum absolute atomic E-state index is 0.108. The summed E-state index contributed by atoms with van der Waals surface area (Å²) in [6, 6.07) is 0. The first-order valence-electron chi connectivity index (χ1n) is 6.73. The lowest BCUT2D eigenvalue weighted by atomic mass is 9.92. The van der Waals surface area contributed by atoms with Gasteiger partial charge < -0.3 is 10.5 Å². The van der Waals surface area contributed by atoms with Crippen LogP contribution < -0.4 is 10.5 Å². The Kier molecular flexibility index (Phi) is 6.55. The molecule has 1 aliphatic rings. The summed E-state index contributed by atoms with van der Waals surface area (Å²) in [6.07, 6.45) is 6.95. The summed E-state index contributed by atoms with van der Waals surface area (Å²) in [7, 11) is -1.64. The van der Waals surface area contributed by atoms with Crippen LogP contribution in [0.4, 0.5) is 0 Å². The topological polar surface area (TPSA) is 81.4 Å². The smallest absolute Gasteiger partial charge is 0.211 e. The van der Waals surface area contributed by atoms with E-state index in [0.717, 1.165) is 25.7 Å². The molecular weight excluding hydrogens is 252 g/mol. The van der Waals surface area contributed by atoms with Gasteiger partial charge in [0.25, 0.3) is 0 Å². The van der Waals surface area contributed by atoms with Crippen molar-refractivity contribution in [2.45, 2.75) is 50.5 Å². The Balaban J connectivity index is 2.37. The van der Waals surface area contributed by atoms with E-state index < -0.39 is 10.0 Å². The summed E-state index contributed by atoms with van der Waals surface area (Å²) in [4.78, 5) is 0. The first kappa shape index (κ1) is 15.9. The van der Waals surface area contributed by atoms with Crippen LogP contribution in [0.5, 0.6) is 0 Å². The summed E-state index contributed by atoms with van der Waals surface area (Å²) >= 11 is 0. The molecule has 0 saturated heterocycles. The quantitative estimate of drug-likeness (QED) is 0.537. The van der Waals surface area contributed by atoms with Gasteiger partial charge in [-0.2, -0.15) is 0 Å². The summed E-state index contributed by atoms with van der Waals surface area (Å²) in [5, 5.41) is 0. The van der Waals surface area contributed by atoms with Crippen LogP contribution in [0.15, 0.2) is 0 Å². The second-order valence-corrected chi connectivity index (χ2v) is 7.19. The van der Waals surface area contributed by atoms with Gasteiger partial charge in [0, 0.05) is 25.8 Å². The highest BCUT2D eigenvalue weighted by atomic mass is 32.2. The predicted octanol–water partition coefficient (Wildman–Crippen LogP) is 0.994. The largest absolute Gasteiger partial charge is 0.385 e. The Bertz CT molecular complexity index is 322. The standard InChI is InChI=1S/C12H26N2O3S/c1-17-9-6-10-18(15,16)14-11-12(13)7-4-2-3-5-8-12/h14H,2-11,13H2,1H3. The number of sulfonamides is 1. The molecular formula is C12H26N2O3S. The molecule has 0 amide bonds. The summed E-state index contributed by atoms with van der Waals surface area (Å²) < 4.78 is 31.0. The van der Waals surface area contributed by atoms with Crippen LogP contribution in [0.1, 0.15) is 44.9 Å². The summed E-state index contributed by atoms with van der Waals surface area (Å²) in [6.45, 7) is 0.830. The maximum atomic E-state index is 11.8. The van der Waals surface area contributed by atoms with Crippen molar-refractivity contribution in [1.29, 1.82) is 0 Å². The maximum Gasteiger partial charge on any atom is 0.211 e. The van der Waals surface area contributed by atoms with Crippen molar-refractivity contribution >= 4 is 10.0 Å². The molecule has 0 aliphatic heterocycles. The molecule has 1 fully saturated rings. The highest BCUT2D eigenvalue weighted by Gasteiger charge is 2.27. The zero-order valence-electron chi connectivity index (χ0n) is 11.3. The van der Waals surface area contributed by atoms with Crippen molar-refractivity contribution in [3.8, 4) is 0 Å². The molecule has 5 nitrogen and oxygen atoms in total. The number of methoxy groups -OCH3 is 1. The third-order valence-corrected chi connectivity index (χ3v) is 4.92. The predicted molar refractivity (Wildman–Crippen MR) is 72.9 cm³/mol. The van der Waals surface area contributed by atoms with E-state index in [2.05, 4.69) is 4.72 Å². The monoisotopic (exact) mass is 278 g/mol. The lowest BCUT2D eigenvalue weighted by Gasteiger charge is -2.28. The number of hydrogen-bond donors (Lipinski definition) is 2. The first-order chi connectivity index (χ1) is 8.47. The SMILES string of the molecule is COCCCS(=O)(=O)NCC1(N)CCCCCC1. The van der Waals surface area contributed by atoms with Crippen molar-refractivity contribution in [2.75, 3.05) is 26.0 Å². The molecule has 0 radical (unpaired) electrons. The molecule has 0 unspecified atom stereocenters. The number of nitrogens with one attached hydrogen (secondary N) is 1. The molecule has 0 spiro atoms. The van der Waals surface area contributed by atoms with E-state index >= 15 is 0 Å². The van der Waals surface area contributed by atoms with Gasteiger partial charge >= 0.3 is 0 Å². The lowest BCUT2D eigenvalue weighted by molar-refractivity contribution is 0.199. The fourth-order valence-corrected chi connectivity index (χ4v) is 3.48. The van der Waals surface area contributed by atoms with Crippen LogP contribution in [0.2, 0.25) is 0 Å². The average molecular weight is 278 g/mol. The molecule has 0 aromatic heterocycles. The van der Waals surface area contributed by atoms with Crippen LogP contribution in [0.3, 0.4) is 0 Å². The van der Waals surface area contributed by atoms with Crippen LogP contribution in [0.25, 0.3) is 0 Å². The fourth-order valence-electron chi connectivity index (χ4n) is 2.33. The molecule has 108 valence electrons. The summed E-state index contributed by atoms with van der Waals surface area (Å²) in [5.74, 6) is 0.108. The van der Waals surface area contributed by atoms with E-state index in [9.17, 15) is 8.42 Å². The Morgan fingerprint density at radius 2 is 1.83 bits per heavy atom. The van der Waals surface area contributed by atoms with E-state index in [-0.39, 0.29) is 11.3 Å². The number of rotatable bonds is 7. The third-order valence-electron chi connectivity index (χ3n) is 3.51. The van der Waals surface area contributed by atoms with Gasteiger partial charge in [-0.05, 0) is 19.3 Å². The summed E-state index contributed by atoms with van der Waals surface area (Å²) in [5.41, 5.74) is 5.91. The normalized spacial score (nSPS) is 20.6. The Labute approximate surface area is 111 Å². The molecule has 1 aliphatic carbocycles. The lowest BCUT2D eigenvalue weighted by Crippen LogP contribution is -2.50. The minimum Gasteiger partial charge on any atom is -0.385 e. The Morgan fingerprint density at radius 3 is 2.39 bits per heavy atom. The van der Waals surface area contributed by atoms with Crippen LogP contribution in [-0.2, 0) is 14.8 Å². The van der Waals surface area contributed by atoms with Crippen molar-refractivity contribution < 1.29 is 13.2 Å². The molecule has 0 aromatic rings. The van der Waals surface area contributed by atoms with Crippen LogP contribution in [0, 0.1) is 0 Å². The highest BCUT2D eigenvalue weighted by molar-refractivity contribution is 7.89. The van der Waals surface area contributed by atoms with Crippen molar-refractivity contribution in [3.63, 3.8) is 0 Å². The van der Waals surface area contributed by atoms with Gasteiger partial charge in [-0.25, -0.2) is 13.1 Å². The van der Waals surface area contributed by atoms with Crippen molar-refractivity contribution in [1.82, 2.24) is 4.72 Å². The molecule has 0 aromatic carbocycles. The molecule has 0 heterocycles. The van der Waals surface area contributed by atoms with E-state index in [1.165, 1.54) is 12.8 Å². The van der Waals surface area contributed by atoms with Gasteiger partial charge in [0.1, 0.15) is 0 Å². The highest BCUT2D eigenvalue weighted by Crippen LogP contribution is 2.24. The van der Waals surface area contributed by atoms with E-state index in [0.29, 0.717) is 19.6 Å². The van der Waals surface area contributed by atoms with Gasteiger partial charge in [0.05, 0.1) is 5.75 Å². The molecule has 0 atom stereocenters. The Morgan fingerprint density at radius 1 is 1.22 bits per heavy atom.